The zero-order chi connectivity index (χ0) is 23.5. The van der Waals surface area contributed by atoms with Crippen LogP contribution in [0.3, 0.4) is 0 Å². The predicted octanol–water partition coefficient (Wildman–Crippen LogP) is 3.92. The topological polar surface area (TPSA) is 70.5 Å². The van der Waals surface area contributed by atoms with E-state index in [1.807, 2.05) is 38.6 Å². The average Bonchev–Trinajstić information content (AvgIpc) is 2.87. The minimum absolute atomic E-state index is 0.0230. The number of nitrogens with zero attached hydrogens (tertiary/aromatic N) is 4. The van der Waals surface area contributed by atoms with Crippen LogP contribution in [0.15, 0.2) is 53.3 Å². The lowest BCUT2D eigenvalue weighted by Crippen LogP contribution is -2.54. The first kappa shape index (κ1) is 22.4. The summed E-state index contributed by atoms with van der Waals surface area (Å²) < 4.78 is 1.82. The molecule has 1 aliphatic heterocycles. The van der Waals surface area contributed by atoms with Gasteiger partial charge in [0.25, 0.3) is 5.56 Å². The van der Waals surface area contributed by atoms with Crippen LogP contribution in [0.4, 0.5) is 10.6 Å². The van der Waals surface area contributed by atoms with Crippen molar-refractivity contribution < 1.29 is 4.79 Å². The number of aryl methyl sites for hydroxylation is 1. The molecule has 0 spiro atoms. The van der Waals surface area contributed by atoms with Gasteiger partial charge in [-0.1, -0.05) is 61.2 Å². The highest BCUT2D eigenvalue weighted by Gasteiger charge is 2.26. The first-order valence-corrected chi connectivity index (χ1v) is 12.4. The fraction of sp³-hybridized carbons (Fsp3) is 0.444. The van der Waals surface area contributed by atoms with Crippen molar-refractivity contribution in [1.82, 2.24) is 19.8 Å². The van der Waals surface area contributed by atoms with Crippen LogP contribution in [0.5, 0.6) is 0 Å². The van der Waals surface area contributed by atoms with E-state index in [0.29, 0.717) is 44.6 Å². The smallest absolute Gasteiger partial charge is 0.317 e. The molecule has 1 N–H and O–H groups in total. The number of para-hydroxylation sites is 2. The number of nitrogens with one attached hydrogen (secondary N) is 1. The van der Waals surface area contributed by atoms with E-state index in [-0.39, 0.29) is 11.6 Å². The number of amides is 2. The normalized spacial score (nSPS) is 17.2. The lowest BCUT2D eigenvalue weighted by Gasteiger charge is -2.36. The third-order valence-corrected chi connectivity index (χ3v) is 7.10. The summed E-state index contributed by atoms with van der Waals surface area (Å²) >= 11 is 0. The summed E-state index contributed by atoms with van der Waals surface area (Å²) in [5.41, 5.74) is 3.84. The largest absolute Gasteiger partial charge is 0.348 e. The van der Waals surface area contributed by atoms with Crippen molar-refractivity contribution in [3.05, 3.63) is 70.0 Å². The van der Waals surface area contributed by atoms with E-state index in [1.54, 1.807) is 0 Å². The first-order valence-electron chi connectivity index (χ1n) is 12.4. The Morgan fingerprint density at radius 2 is 1.68 bits per heavy atom. The van der Waals surface area contributed by atoms with E-state index in [2.05, 4.69) is 36.5 Å². The van der Waals surface area contributed by atoms with Gasteiger partial charge in [0, 0.05) is 32.2 Å². The molecule has 34 heavy (non-hydrogen) atoms. The molecule has 2 heterocycles. The number of fused-ring (bicyclic) bond motifs is 1. The van der Waals surface area contributed by atoms with E-state index in [4.69, 9.17) is 4.98 Å². The summed E-state index contributed by atoms with van der Waals surface area (Å²) in [6.07, 6.45) is 5.81. The Labute approximate surface area is 200 Å². The van der Waals surface area contributed by atoms with Gasteiger partial charge in [-0.2, -0.15) is 0 Å². The summed E-state index contributed by atoms with van der Waals surface area (Å²) in [6.45, 7) is 4.94. The van der Waals surface area contributed by atoms with Gasteiger partial charge in [-0.25, -0.2) is 9.78 Å². The van der Waals surface area contributed by atoms with Crippen LogP contribution in [0.25, 0.3) is 11.0 Å². The molecular weight excluding hydrogens is 426 g/mol. The molecule has 5 rings (SSSR count). The van der Waals surface area contributed by atoms with Gasteiger partial charge < -0.3 is 15.1 Å². The van der Waals surface area contributed by atoms with Crippen molar-refractivity contribution in [1.29, 1.82) is 0 Å². The van der Waals surface area contributed by atoms with Crippen LogP contribution >= 0.6 is 0 Å². The first-order chi connectivity index (χ1) is 16.6. The Kier molecular flexibility index (Phi) is 6.52. The van der Waals surface area contributed by atoms with Crippen molar-refractivity contribution in [2.45, 2.75) is 51.6 Å². The SMILES string of the molecule is Cc1ccc(Cn2c(=O)c(N3CCN(C(=O)NC4CCCCC4)CC3)nc3ccccc32)cc1. The molecule has 7 heteroatoms. The van der Waals surface area contributed by atoms with Crippen molar-refractivity contribution in [2.75, 3.05) is 31.1 Å². The van der Waals surface area contributed by atoms with Crippen LogP contribution in [0.2, 0.25) is 0 Å². The number of piperazine rings is 1. The predicted molar refractivity (Wildman–Crippen MR) is 135 cm³/mol. The summed E-state index contributed by atoms with van der Waals surface area (Å²) in [7, 11) is 0. The molecule has 1 saturated carbocycles. The quantitative estimate of drug-likeness (QED) is 0.642. The maximum atomic E-state index is 13.6. The molecule has 0 unspecified atom stereocenters. The Hall–Kier alpha value is -3.35. The number of anilines is 1. The Morgan fingerprint density at radius 1 is 0.971 bits per heavy atom. The van der Waals surface area contributed by atoms with Crippen LogP contribution in [-0.2, 0) is 6.54 Å². The standard InChI is InChI=1S/C27H33N5O2/c1-20-11-13-21(14-12-20)19-32-24-10-6-5-9-23(24)29-25(26(32)33)30-15-17-31(18-16-30)27(34)28-22-7-3-2-4-8-22/h5-6,9-14,22H,2-4,7-8,15-19H2,1H3,(H,28,34). The minimum atomic E-state index is -0.0839. The van der Waals surface area contributed by atoms with Gasteiger partial charge in [-0.3, -0.25) is 9.36 Å². The van der Waals surface area contributed by atoms with Crippen molar-refractivity contribution >= 4 is 22.9 Å². The van der Waals surface area contributed by atoms with Gasteiger partial charge in [0.2, 0.25) is 0 Å². The zero-order valence-corrected chi connectivity index (χ0v) is 19.9. The second kappa shape index (κ2) is 9.87. The van der Waals surface area contributed by atoms with Gasteiger partial charge in [-0.05, 0) is 37.5 Å². The van der Waals surface area contributed by atoms with Gasteiger partial charge >= 0.3 is 6.03 Å². The number of hydrogen-bond donors (Lipinski definition) is 1. The molecule has 0 atom stereocenters. The molecule has 2 amide bonds. The Morgan fingerprint density at radius 3 is 2.41 bits per heavy atom. The highest BCUT2D eigenvalue weighted by Crippen LogP contribution is 2.19. The number of urea groups is 1. The monoisotopic (exact) mass is 459 g/mol. The van der Waals surface area contributed by atoms with E-state index >= 15 is 0 Å². The van der Waals surface area contributed by atoms with E-state index in [9.17, 15) is 9.59 Å². The number of benzene rings is 2. The van der Waals surface area contributed by atoms with Crippen molar-refractivity contribution in [2.24, 2.45) is 0 Å². The van der Waals surface area contributed by atoms with E-state index in [1.165, 1.54) is 24.8 Å². The summed E-state index contributed by atoms with van der Waals surface area (Å²) in [5.74, 6) is 0.471. The zero-order valence-electron chi connectivity index (χ0n) is 19.9. The highest BCUT2D eigenvalue weighted by atomic mass is 16.2. The molecular formula is C27H33N5O2. The fourth-order valence-electron chi connectivity index (χ4n) is 5.05. The third kappa shape index (κ3) is 4.79. The molecule has 7 nitrogen and oxygen atoms in total. The number of rotatable bonds is 4. The fourth-order valence-corrected chi connectivity index (χ4v) is 5.05. The second-order valence-electron chi connectivity index (χ2n) is 9.56. The summed E-state index contributed by atoms with van der Waals surface area (Å²) in [5, 5.41) is 3.21. The van der Waals surface area contributed by atoms with Crippen molar-refractivity contribution in [3.8, 4) is 0 Å². The number of aromatic nitrogens is 2. The lowest BCUT2D eigenvalue weighted by atomic mass is 9.96. The van der Waals surface area contributed by atoms with Crippen molar-refractivity contribution in [3.63, 3.8) is 0 Å². The summed E-state index contributed by atoms with van der Waals surface area (Å²) in [4.78, 5) is 35.0. The molecule has 0 radical (unpaired) electrons. The Balaban J connectivity index is 1.35. The molecule has 1 saturated heterocycles. The summed E-state index contributed by atoms with van der Waals surface area (Å²) in [6, 6.07) is 16.4. The average molecular weight is 460 g/mol. The van der Waals surface area contributed by atoms with Gasteiger partial charge in [-0.15, -0.1) is 0 Å². The van der Waals surface area contributed by atoms with Gasteiger partial charge in [0.05, 0.1) is 17.6 Å². The molecule has 0 bridgehead atoms. The molecule has 1 aromatic heterocycles. The van der Waals surface area contributed by atoms with Crippen LogP contribution in [0.1, 0.15) is 43.2 Å². The third-order valence-electron chi connectivity index (χ3n) is 7.10. The lowest BCUT2D eigenvalue weighted by molar-refractivity contribution is 0.186. The number of carbonyl (C=O) groups is 1. The van der Waals surface area contributed by atoms with Crippen LogP contribution in [0, 0.1) is 6.92 Å². The molecule has 1 aliphatic carbocycles. The molecule has 2 aliphatic rings. The van der Waals surface area contributed by atoms with E-state index in [0.717, 1.165) is 29.4 Å². The Bertz CT molecular complexity index is 1210. The van der Waals surface area contributed by atoms with Gasteiger partial charge in [0.1, 0.15) is 0 Å². The molecule has 2 fully saturated rings. The number of hydrogen-bond acceptors (Lipinski definition) is 4. The van der Waals surface area contributed by atoms with Gasteiger partial charge in [0.15, 0.2) is 5.82 Å². The maximum Gasteiger partial charge on any atom is 0.317 e. The molecule has 2 aromatic carbocycles. The second-order valence-corrected chi connectivity index (χ2v) is 9.56. The number of carbonyl (C=O) groups excluding carboxylic acids is 1. The van der Waals surface area contributed by atoms with E-state index < -0.39 is 0 Å². The van der Waals surface area contributed by atoms with Crippen LogP contribution < -0.4 is 15.8 Å². The maximum absolute atomic E-state index is 13.6. The molecule has 178 valence electrons. The minimum Gasteiger partial charge on any atom is -0.348 e. The highest BCUT2D eigenvalue weighted by molar-refractivity contribution is 5.77. The van der Waals surface area contributed by atoms with Crippen LogP contribution in [-0.4, -0.2) is 52.7 Å². The molecule has 3 aromatic rings.